The van der Waals surface area contributed by atoms with E-state index < -0.39 is 0 Å². The summed E-state index contributed by atoms with van der Waals surface area (Å²) in [6.07, 6.45) is 3.80. The van der Waals surface area contributed by atoms with Crippen LogP contribution in [0, 0.1) is 11.3 Å². The maximum absolute atomic E-state index is 9.54. The molecular weight excluding hydrogens is 390 g/mol. The number of nitriles is 1. The lowest BCUT2D eigenvalue weighted by Crippen LogP contribution is -1.97. The fraction of sp³-hybridized carbons (Fsp3) is 0.182. The molecule has 28 heavy (non-hydrogen) atoms. The highest BCUT2D eigenvalue weighted by molar-refractivity contribution is 7.11. The Morgan fingerprint density at radius 1 is 1.29 bits per heavy atom. The maximum Gasteiger partial charge on any atom is 0.136 e. The molecule has 3 aromatic rings. The second-order valence-corrected chi connectivity index (χ2v) is 7.38. The quantitative estimate of drug-likeness (QED) is 0.335. The van der Waals surface area contributed by atoms with E-state index in [2.05, 4.69) is 23.3 Å². The Balaban J connectivity index is 1.72. The number of thiazole rings is 1. The largest absolute Gasteiger partial charge is 0.494 e. The van der Waals surface area contributed by atoms with E-state index in [-0.39, 0.29) is 0 Å². The highest BCUT2D eigenvalue weighted by Crippen LogP contribution is 2.27. The van der Waals surface area contributed by atoms with Gasteiger partial charge in [-0.1, -0.05) is 43.1 Å². The Kier molecular flexibility index (Phi) is 7.07. The Hall–Kier alpha value is -2.81. The number of benzene rings is 2. The second-order valence-electron chi connectivity index (χ2n) is 6.09. The normalized spacial score (nSPS) is 11.1. The van der Waals surface area contributed by atoms with Crippen LogP contribution in [0.1, 0.15) is 24.8 Å². The van der Waals surface area contributed by atoms with E-state index in [0.717, 1.165) is 35.5 Å². The first-order chi connectivity index (χ1) is 13.7. The molecule has 0 unspecified atom stereocenters. The number of allylic oxidation sites excluding steroid dienone is 1. The van der Waals surface area contributed by atoms with Crippen LogP contribution in [0.3, 0.4) is 0 Å². The summed E-state index contributed by atoms with van der Waals surface area (Å²) in [5, 5.41) is 16.0. The molecule has 0 aliphatic rings. The fourth-order valence-electron chi connectivity index (χ4n) is 2.46. The molecule has 0 amide bonds. The lowest BCUT2D eigenvalue weighted by Gasteiger charge is -2.07. The van der Waals surface area contributed by atoms with Gasteiger partial charge < -0.3 is 10.1 Å². The van der Waals surface area contributed by atoms with Crippen LogP contribution in [0.15, 0.2) is 60.1 Å². The van der Waals surface area contributed by atoms with Crippen LogP contribution in [0.25, 0.3) is 16.8 Å². The number of anilines is 1. The van der Waals surface area contributed by atoms with Gasteiger partial charge in [0.1, 0.15) is 22.4 Å². The van der Waals surface area contributed by atoms with Crippen molar-refractivity contribution < 1.29 is 4.74 Å². The van der Waals surface area contributed by atoms with Crippen LogP contribution in [-0.4, -0.2) is 11.6 Å². The summed E-state index contributed by atoms with van der Waals surface area (Å²) in [5.74, 6) is 0.810. The van der Waals surface area contributed by atoms with E-state index in [1.807, 2.05) is 53.9 Å². The predicted molar refractivity (Wildman–Crippen MR) is 117 cm³/mol. The van der Waals surface area contributed by atoms with Crippen molar-refractivity contribution in [2.75, 3.05) is 11.9 Å². The zero-order valence-electron chi connectivity index (χ0n) is 15.5. The molecule has 1 heterocycles. The number of hydrogen-bond donors (Lipinski definition) is 1. The molecule has 0 fully saturated rings. The third-order valence-electron chi connectivity index (χ3n) is 3.98. The van der Waals surface area contributed by atoms with Gasteiger partial charge in [0.25, 0.3) is 0 Å². The van der Waals surface area contributed by atoms with Gasteiger partial charge in [-0.25, -0.2) is 4.98 Å². The van der Waals surface area contributed by atoms with Crippen molar-refractivity contribution in [1.82, 2.24) is 4.98 Å². The van der Waals surface area contributed by atoms with Gasteiger partial charge in [-0.3, -0.25) is 0 Å². The fourth-order valence-corrected chi connectivity index (χ4v) is 3.38. The molecule has 1 aromatic heterocycles. The van der Waals surface area contributed by atoms with E-state index in [1.165, 1.54) is 11.3 Å². The summed E-state index contributed by atoms with van der Waals surface area (Å²) in [7, 11) is 0. The molecule has 0 radical (unpaired) electrons. The van der Waals surface area contributed by atoms with Gasteiger partial charge in [-0.2, -0.15) is 5.26 Å². The lowest BCUT2D eigenvalue weighted by atomic mass is 10.2. The number of hydrogen-bond acceptors (Lipinski definition) is 5. The van der Waals surface area contributed by atoms with Crippen molar-refractivity contribution in [1.29, 1.82) is 5.26 Å². The molecule has 4 nitrogen and oxygen atoms in total. The first kappa shape index (κ1) is 19.9. The van der Waals surface area contributed by atoms with E-state index in [1.54, 1.807) is 6.20 Å². The topological polar surface area (TPSA) is 57.9 Å². The van der Waals surface area contributed by atoms with Crippen molar-refractivity contribution >= 4 is 34.2 Å². The van der Waals surface area contributed by atoms with E-state index in [4.69, 9.17) is 16.3 Å². The van der Waals surface area contributed by atoms with Gasteiger partial charge >= 0.3 is 0 Å². The van der Waals surface area contributed by atoms with Gasteiger partial charge in [-0.15, -0.1) is 11.3 Å². The highest BCUT2D eigenvalue weighted by Gasteiger charge is 2.09. The molecule has 0 aliphatic carbocycles. The van der Waals surface area contributed by atoms with Crippen LogP contribution in [0.5, 0.6) is 5.75 Å². The van der Waals surface area contributed by atoms with Crippen molar-refractivity contribution in [2.45, 2.75) is 19.8 Å². The molecule has 3 rings (SSSR count). The first-order valence-electron chi connectivity index (χ1n) is 9.01. The van der Waals surface area contributed by atoms with Gasteiger partial charge in [0.2, 0.25) is 0 Å². The molecule has 2 aromatic carbocycles. The standard InChI is InChI=1S/C22H20ClN3OS/c1-2-3-11-27-20-6-4-5-19(12-20)25-14-17(13-24)22-26-21(15-28-22)16-7-9-18(23)10-8-16/h4-10,12,14-15,25H,2-3,11H2,1H3/b17-14+. The maximum atomic E-state index is 9.54. The summed E-state index contributed by atoms with van der Waals surface area (Å²) >= 11 is 7.37. The Labute approximate surface area is 174 Å². The summed E-state index contributed by atoms with van der Waals surface area (Å²) in [4.78, 5) is 4.58. The first-order valence-corrected chi connectivity index (χ1v) is 10.3. The van der Waals surface area contributed by atoms with E-state index in [9.17, 15) is 5.26 Å². The molecule has 6 heteroatoms. The minimum Gasteiger partial charge on any atom is -0.494 e. The summed E-state index contributed by atoms with van der Waals surface area (Å²) < 4.78 is 5.72. The molecule has 0 aliphatic heterocycles. The zero-order valence-corrected chi connectivity index (χ0v) is 17.1. The number of ether oxygens (including phenoxy) is 1. The molecule has 1 N–H and O–H groups in total. The molecule has 0 spiro atoms. The Bertz CT molecular complexity index is 990. The van der Waals surface area contributed by atoms with Crippen molar-refractivity contribution in [2.24, 2.45) is 0 Å². The van der Waals surface area contributed by atoms with E-state index in [0.29, 0.717) is 22.2 Å². The van der Waals surface area contributed by atoms with Crippen LogP contribution in [0.2, 0.25) is 5.02 Å². The van der Waals surface area contributed by atoms with Crippen LogP contribution in [0.4, 0.5) is 5.69 Å². The van der Waals surface area contributed by atoms with Gasteiger partial charge in [0.15, 0.2) is 0 Å². The summed E-state index contributed by atoms with van der Waals surface area (Å²) in [6.45, 7) is 2.83. The highest BCUT2D eigenvalue weighted by atomic mass is 35.5. The summed E-state index contributed by atoms with van der Waals surface area (Å²) in [5.41, 5.74) is 3.12. The lowest BCUT2D eigenvalue weighted by molar-refractivity contribution is 0.309. The zero-order chi connectivity index (χ0) is 19.8. The molecule has 0 bridgehead atoms. The average molecular weight is 410 g/mol. The third kappa shape index (κ3) is 5.35. The number of nitrogens with zero attached hydrogens (tertiary/aromatic N) is 2. The summed E-state index contributed by atoms with van der Waals surface area (Å²) in [6, 6.07) is 17.4. The smallest absolute Gasteiger partial charge is 0.136 e. The molecular formula is C22H20ClN3OS. The van der Waals surface area contributed by atoms with Crippen molar-refractivity contribution in [3.05, 3.63) is 70.1 Å². The van der Waals surface area contributed by atoms with Crippen molar-refractivity contribution in [3.8, 4) is 23.1 Å². The van der Waals surface area contributed by atoms with Crippen LogP contribution < -0.4 is 10.1 Å². The molecule has 0 saturated heterocycles. The Morgan fingerprint density at radius 3 is 2.86 bits per heavy atom. The number of rotatable bonds is 8. The molecule has 142 valence electrons. The third-order valence-corrected chi connectivity index (χ3v) is 5.11. The number of halogens is 1. The van der Waals surface area contributed by atoms with Crippen LogP contribution >= 0.6 is 22.9 Å². The van der Waals surface area contributed by atoms with Crippen LogP contribution in [-0.2, 0) is 0 Å². The number of unbranched alkanes of at least 4 members (excludes halogenated alkanes) is 1. The average Bonchev–Trinajstić information content (AvgIpc) is 3.20. The predicted octanol–water partition coefficient (Wildman–Crippen LogP) is 6.62. The minimum atomic E-state index is 0.475. The van der Waals surface area contributed by atoms with Gasteiger partial charge in [-0.05, 0) is 30.7 Å². The van der Waals surface area contributed by atoms with Gasteiger partial charge in [0, 0.05) is 33.9 Å². The SMILES string of the molecule is CCCCOc1cccc(N/C=C(\C#N)c2nc(-c3ccc(Cl)cc3)cs2)c1. The van der Waals surface area contributed by atoms with E-state index >= 15 is 0 Å². The molecule has 0 atom stereocenters. The number of nitrogens with one attached hydrogen (secondary N) is 1. The van der Waals surface area contributed by atoms with Gasteiger partial charge in [0.05, 0.1) is 12.3 Å². The Morgan fingerprint density at radius 2 is 2.11 bits per heavy atom. The second kappa shape index (κ2) is 9.93. The number of aromatic nitrogens is 1. The minimum absolute atomic E-state index is 0.475. The molecule has 0 saturated carbocycles. The van der Waals surface area contributed by atoms with Crippen molar-refractivity contribution in [3.63, 3.8) is 0 Å². The monoisotopic (exact) mass is 409 g/mol.